The number of hydrogen-bond donors (Lipinski definition) is 1. The summed E-state index contributed by atoms with van der Waals surface area (Å²) in [4.78, 5) is 16.3. The van der Waals surface area contributed by atoms with Crippen LogP contribution in [0.4, 0.5) is 0 Å². The van der Waals surface area contributed by atoms with Crippen molar-refractivity contribution < 1.29 is 4.79 Å². The van der Waals surface area contributed by atoms with Crippen LogP contribution in [0, 0.1) is 5.92 Å². The molecule has 1 aliphatic carbocycles. The van der Waals surface area contributed by atoms with Gasteiger partial charge in [0.1, 0.15) is 0 Å². The van der Waals surface area contributed by atoms with E-state index >= 15 is 0 Å². The number of rotatable bonds is 3. The number of halogens is 1. The number of carbonyl (C=O) groups is 1. The van der Waals surface area contributed by atoms with Gasteiger partial charge in [0, 0.05) is 24.9 Å². The lowest BCUT2D eigenvalue weighted by Crippen LogP contribution is -2.37. The number of hydrogen-bond acceptors (Lipinski definition) is 3. The van der Waals surface area contributed by atoms with Gasteiger partial charge in [-0.15, -0.1) is 0 Å². The summed E-state index contributed by atoms with van der Waals surface area (Å²) in [5, 5.41) is 4.11. The van der Waals surface area contributed by atoms with Crippen molar-refractivity contribution in [2.24, 2.45) is 5.92 Å². The molecular weight excluding hydrogens is 260 g/mol. The molecule has 2 aliphatic rings. The predicted molar refractivity (Wildman–Crippen MR) is 75.2 cm³/mol. The minimum Gasteiger partial charge on any atom is -0.304 e. The van der Waals surface area contributed by atoms with Gasteiger partial charge in [-0.3, -0.25) is 9.78 Å². The van der Waals surface area contributed by atoms with Gasteiger partial charge in [0.05, 0.1) is 11.1 Å². The van der Waals surface area contributed by atoms with Crippen LogP contribution in [-0.2, 0) is 11.2 Å². The lowest BCUT2D eigenvalue weighted by Gasteiger charge is -2.24. The fourth-order valence-corrected chi connectivity index (χ4v) is 3.61. The molecule has 3 unspecified atom stereocenters. The van der Waals surface area contributed by atoms with E-state index in [9.17, 15) is 4.79 Å². The Kier molecular flexibility index (Phi) is 3.85. The van der Waals surface area contributed by atoms with E-state index in [0.717, 1.165) is 12.0 Å². The van der Waals surface area contributed by atoms with Crippen LogP contribution in [0.2, 0.25) is 5.02 Å². The average molecular weight is 279 g/mol. The van der Waals surface area contributed by atoms with Crippen LogP contribution in [0.25, 0.3) is 0 Å². The monoisotopic (exact) mass is 278 g/mol. The van der Waals surface area contributed by atoms with E-state index in [4.69, 9.17) is 11.6 Å². The SMILES string of the molecule is O=C(Cc1ccncc1Cl)C1CC2CCCCC2N1. The molecule has 0 aromatic carbocycles. The zero-order valence-corrected chi connectivity index (χ0v) is 11.7. The molecule has 1 N–H and O–H groups in total. The number of fused-ring (bicyclic) bond motifs is 1. The van der Waals surface area contributed by atoms with Crippen molar-refractivity contribution in [3.05, 3.63) is 29.0 Å². The van der Waals surface area contributed by atoms with Crippen LogP contribution < -0.4 is 5.32 Å². The Morgan fingerprint density at radius 1 is 1.42 bits per heavy atom. The van der Waals surface area contributed by atoms with Gasteiger partial charge in [-0.25, -0.2) is 0 Å². The molecule has 2 heterocycles. The summed E-state index contributed by atoms with van der Waals surface area (Å²) in [6.07, 6.45) is 9.83. The highest BCUT2D eigenvalue weighted by Crippen LogP contribution is 2.33. The van der Waals surface area contributed by atoms with Gasteiger partial charge in [-0.1, -0.05) is 24.4 Å². The first-order chi connectivity index (χ1) is 9.24. The number of aromatic nitrogens is 1. The van der Waals surface area contributed by atoms with E-state index in [1.54, 1.807) is 12.4 Å². The van der Waals surface area contributed by atoms with E-state index < -0.39 is 0 Å². The topological polar surface area (TPSA) is 42.0 Å². The number of pyridine rings is 1. The van der Waals surface area contributed by atoms with Crippen LogP contribution in [-0.4, -0.2) is 22.9 Å². The van der Waals surface area contributed by atoms with Crippen molar-refractivity contribution in [2.45, 2.75) is 50.6 Å². The molecule has 102 valence electrons. The van der Waals surface area contributed by atoms with E-state index in [0.29, 0.717) is 23.4 Å². The first-order valence-electron chi connectivity index (χ1n) is 7.11. The molecule has 1 saturated carbocycles. The molecule has 3 rings (SSSR count). The summed E-state index contributed by atoms with van der Waals surface area (Å²) in [5.41, 5.74) is 0.887. The second kappa shape index (κ2) is 5.59. The minimum absolute atomic E-state index is 0.0253. The molecule has 1 aliphatic heterocycles. The number of nitrogens with zero attached hydrogens (tertiary/aromatic N) is 1. The maximum absolute atomic E-state index is 12.4. The summed E-state index contributed by atoms with van der Waals surface area (Å²) in [6.45, 7) is 0. The number of carbonyl (C=O) groups excluding carboxylic acids is 1. The van der Waals surface area contributed by atoms with Crippen LogP contribution >= 0.6 is 11.6 Å². The molecule has 1 saturated heterocycles. The largest absolute Gasteiger partial charge is 0.304 e. The Morgan fingerprint density at radius 2 is 2.26 bits per heavy atom. The molecule has 4 heteroatoms. The van der Waals surface area contributed by atoms with Crippen LogP contribution in [0.15, 0.2) is 18.5 Å². The van der Waals surface area contributed by atoms with Crippen molar-refractivity contribution >= 4 is 17.4 Å². The Bertz CT molecular complexity index is 463. The maximum Gasteiger partial charge on any atom is 0.154 e. The van der Waals surface area contributed by atoms with Gasteiger partial charge in [-0.05, 0) is 36.8 Å². The Labute approximate surface area is 118 Å². The lowest BCUT2D eigenvalue weighted by atomic mass is 9.84. The highest BCUT2D eigenvalue weighted by molar-refractivity contribution is 6.31. The second-order valence-corrected chi connectivity index (χ2v) is 6.12. The van der Waals surface area contributed by atoms with Gasteiger partial charge in [0.2, 0.25) is 0 Å². The summed E-state index contributed by atoms with van der Waals surface area (Å²) in [5.74, 6) is 0.970. The van der Waals surface area contributed by atoms with Crippen LogP contribution in [0.5, 0.6) is 0 Å². The fraction of sp³-hybridized carbons (Fsp3) is 0.600. The van der Waals surface area contributed by atoms with E-state index in [-0.39, 0.29) is 11.8 Å². The quantitative estimate of drug-likeness (QED) is 0.924. The molecule has 0 radical (unpaired) electrons. The second-order valence-electron chi connectivity index (χ2n) is 5.72. The normalized spacial score (nSPS) is 30.1. The Balaban J connectivity index is 1.64. The van der Waals surface area contributed by atoms with Crippen molar-refractivity contribution in [3.63, 3.8) is 0 Å². The first kappa shape index (κ1) is 13.1. The molecule has 19 heavy (non-hydrogen) atoms. The zero-order chi connectivity index (χ0) is 13.2. The third-order valence-electron chi connectivity index (χ3n) is 4.47. The zero-order valence-electron chi connectivity index (χ0n) is 10.9. The molecule has 3 nitrogen and oxygen atoms in total. The Morgan fingerprint density at radius 3 is 3.05 bits per heavy atom. The van der Waals surface area contributed by atoms with Gasteiger partial charge in [0.25, 0.3) is 0 Å². The van der Waals surface area contributed by atoms with E-state index in [1.807, 2.05) is 6.07 Å². The van der Waals surface area contributed by atoms with Crippen molar-refractivity contribution in [1.29, 1.82) is 0 Å². The number of ketones is 1. The van der Waals surface area contributed by atoms with Gasteiger partial charge < -0.3 is 5.32 Å². The number of nitrogens with one attached hydrogen (secondary N) is 1. The summed E-state index contributed by atoms with van der Waals surface area (Å²) in [7, 11) is 0. The predicted octanol–water partition coefficient (Wildman–Crippen LogP) is 2.77. The molecule has 0 amide bonds. The van der Waals surface area contributed by atoms with Crippen molar-refractivity contribution in [2.75, 3.05) is 0 Å². The van der Waals surface area contributed by atoms with Crippen molar-refractivity contribution in [3.8, 4) is 0 Å². The molecular formula is C15H19ClN2O. The number of Topliss-reactive ketones (excluding diaryl/α,β-unsaturated/α-hetero) is 1. The first-order valence-corrected chi connectivity index (χ1v) is 7.49. The smallest absolute Gasteiger partial charge is 0.154 e. The highest BCUT2D eigenvalue weighted by atomic mass is 35.5. The van der Waals surface area contributed by atoms with E-state index in [1.165, 1.54) is 25.7 Å². The summed E-state index contributed by atoms with van der Waals surface area (Å²) in [6, 6.07) is 2.43. The standard InChI is InChI=1S/C15H19ClN2O/c16-12-9-17-6-5-10(12)8-15(19)14-7-11-3-1-2-4-13(11)18-14/h5-6,9,11,13-14,18H,1-4,7-8H2. The van der Waals surface area contributed by atoms with Gasteiger partial charge in [0.15, 0.2) is 5.78 Å². The van der Waals surface area contributed by atoms with Gasteiger partial charge >= 0.3 is 0 Å². The maximum atomic E-state index is 12.4. The Hall–Kier alpha value is -0.930. The third kappa shape index (κ3) is 2.82. The molecule has 1 aromatic heterocycles. The average Bonchev–Trinajstić information content (AvgIpc) is 2.85. The summed E-state index contributed by atoms with van der Waals surface area (Å²) < 4.78 is 0. The van der Waals surface area contributed by atoms with Gasteiger partial charge in [-0.2, -0.15) is 0 Å². The molecule has 2 fully saturated rings. The molecule has 0 bridgehead atoms. The lowest BCUT2D eigenvalue weighted by molar-refractivity contribution is -0.120. The highest BCUT2D eigenvalue weighted by Gasteiger charge is 2.37. The summed E-state index contributed by atoms with van der Waals surface area (Å²) >= 11 is 6.06. The van der Waals surface area contributed by atoms with Crippen molar-refractivity contribution in [1.82, 2.24) is 10.3 Å². The molecule has 3 atom stereocenters. The fourth-order valence-electron chi connectivity index (χ4n) is 3.42. The molecule has 0 spiro atoms. The minimum atomic E-state index is 0.0253. The van der Waals surface area contributed by atoms with Crippen LogP contribution in [0.3, 0.4) is 0 Å². The molecule has 1 aromatic rings. The van der Waals surface area contributed by atoms with Crippen LogP contribution in [0.1, 0.15) is 37.7 Å². The van der Waals surface area contributed by atoms with E-state index in [2.05, 4.69) is 10.3 Å². The third-order valence-corrected chi connectivity index (χ3v) is 4.81.